The number of halogens is 3. The summed E-state index contributed by atoms with van der Waals surface area (Å²) in [5, 5.41) is 8.72. The molecule has 0 aromatic heterocycles. The monoisotopic (exact) mass is 440 g/mol. The molecule has 0 saturated heterocycles. The van der Waals surface area contributed by atoms with Crippen LogP contribution < -0.4 is 4.74 Å². The fourth-order valence-electron chi connectivity index (χ4n) is 2.86. The SMILES string of the molecule is C#CC.O=C(O)CCc1ccc(OCc2cccc(-c3ccc(C(F)(F)F)cc3)c2)cc1. The van der Waals surface area contributed by atoms with Crippen LogP contribution in [0.1, 0.15) is 30.0 Å². The second-order valence-corrected chi connectivity index (χ2v) is 6.89. The average Bonchev–Trinajstić information content (AvgIpc) is 2.77. The minimum Gasteiger partial charge on any atom is -0.489 e. The molecule has 0 atom stereocenters. The second-order valence-electron chi connectivity index (χ2n) is 6.89. The molecule has 3 rings (SSSR count). The van der Waals surface area contributed by atoms with E-state index in [4.69, 9.17) is 9.84 Å². The Morgan fingerprint density at radius 1 is 0.969 bits per heavy atom. The first-order chi connectivity index (χ1) is 15.2. The molecule has 32 heavy (non-hydrogen) atoms. The van der Waals surface area contributed by atoms with Crippen molar-refractivity contribution in [1.82, 2.24) is 0 Å². The lowest BCUT2D eigenvalue weighted by Crippen LogP contribution is -2.04. The quantitative estimate of drug-likeness (QED) is 0.421. The van der Waals surface area contributed by atoms with Crippen LogP contribution in [-0.2, 0) is 24.0 Å². The number of aliphatic carboxylic acids is 1. The number of benzene rings is 3. The van der Waals surface area contributed by atoms with Crippen molar-refractivity contribution in [3.05, 3.63) is 89.5 Å². The van der Waals surface area contributed by atoms with Crippen molar-refractivity contribution < 1.29 is 27.8 Å². The van der Waals surface area contributed by atoms with Gasteiger partial charge in [0.2, 0.25) is 0 Å². The molecule has 0 spiro atoms. The van der Waals surface area contributed by atoms with Crippen LogP contribution in [0.25, 0.3) is 11.1 Å². The number of hydrogen-bond donors (Lipinski definition) is 1. The molecule has 0 fully saturated rings. The summed E-state index contributed by atoms with van der Waals surface area (Å²) in [5.74, 6) is 2.07. The normalized spacial score (nSPS) is 10.5. The number of carbonyl (C=O) groups is 1. The number of alkyl halides is 3. The van der Waals surface area contributed by atoms with Gasteiger partial charge in [0, 0.05) is 6.42 Å². The van der Waals surface area contributed by atoms with E-state index in [0.29, 0.717) is 24.3 Å². The van der Waals surface area contributed by atoms with E-state index in [9.17, 15) is 18.0 Å². The zero-order valence-electron chi connectivity index (χ0n) is 17.5. The number of carboxylic acids is 1. The molecule has 3 aromatic carbocycles. The highest BCUT2D eigenvalue weighted by Gasteiger charge is 2.29. The Balaban J connectivity index is 0.00000114. The summed E-state index contributed by atoms with van der Waals surface area (Å²) < 4.78 is 43.9. The largest absolute Gasteiger partial charge is 0.489 e. The Labute approximate surface area is 185 Å². The predicted molar refractivity (Wildman–Crippen MR) is 118 cm³/mol. The molecule has 0 heterocycles. The molecule has 0 saturated carbocycles. The van der Waals surface area contributed by atoms with Gasteiger partial charge in [0.15, 0.2) is 0 Å². The number of rotatable bonds is 7. The minimum absolute atomic E-state index is 0.0803. The smallest absolute Gasteiger partial charge is 0.416 e. The minimum atomic E-state index is -4.35. The molecule has 6 heteroatoms. The van der Waals surface area contributed by atoms with Crippen LogP contribution in [0, 0.1) is 12.3 Å². The molecule has 0 radical (unpaired) electrons. The van der Waals surface area contributed by atoms with Gasteiger partial charge in [0.05, 0.1) is 5.56 Å². The highest BCUT2D eigenvalue weighted by molar-refractivity contribution is 5.67. The van der Waals surface area contributed by atoms with E-state index in [1.807, 2.05) is 36.4 Å². The van der Waals surface area contributed by atoms with E-state index in [0.717, 1.165) is 28.8 Å². The van der Waals surface area contributed by atoms with E-state index in [-0.39, 0.29) is 6.42 Å². The van der Waals surface area contributed by atoms with E-state index < -0.39 is 17.7 Å². The number of ether oxygens (including phenoxy) is 1. The van der Waals surface area contributed by atoms with Gasteiger partial charge in [-0.1, -0.05) is 42.5 Å². The lowest BCUT2D eigenvalue weighted by molar-refractivity contribution is -0.138. The molecular weight excluding hydrogens is 417 g/mol. The maximum absolute atomic E-state index is 12.7. The molecule has 0 aliphatic heterocycles. The van der Waals surface area contributed by atoms with Gasteiger partial charge in [0.1, 0.15) is 12.4 Å². The molecule has 3 aromatic rings. The standard InChI is InChI=1S/C23H19F3O3.C3H4/c24-23(25,26)20-9-7-18(8-10-20)19-3-1-2-17(14-19)15-29-21-11-4-16(5-12-21)6-13-22(27)28;1-3-2/h1-5,7-12,14H,6,13,15H2,(H,27,28);1H,2H3. The highest BCUT2D eigenvalue weighted by atomic mass is 19.4. The molecule has 0 aliphatic rings. The molecule has 0 aliphatic carbocycles. The summed E-state index contributed by atoms with van der Waals surface area (Å²) >= 11 is 0. The van der Waals surface area contributed by atoms with Crippen molar-refractivity contribution in [2.45, 2.75) is 32.5 Å². The molecule has 3 nitrogen and oxygen atoms in total. The van der Waals surface area contributed by atoms with Crippen molar-refractivity contribution in [1.29, 1.82) is 0 Å². The van der Waals surface area contributed by atoms with Crippen molar-refractivity contribution in [3.8, 4) is 29.2 Å². The summed E-state index contributed by atoms with van der Waals surface area (Å²) in [4.78, 5) is 10.6. The van der Waals surface area contributed by atoms with E-state index >= 15 is 0 Å². The Kier molecular flexibility index (Phi) is 8.91. The van der Waals surface area contributed by atoms with E-state index in [2.05, 4.69) is 12.3 Å². The third-order valence-electron chi connectivity index (χ3n) is 4.43. The van der Waals surface area contributed by atoms with Gasteiger partial charge in [0.25, 0.3) is 0 Å². The molecule has 1 N–H and O–H groups in total. The lowest BCUT2D eigenvalue weighted by Gasteiger charge is -2.10. The predicted octanol–water partition coefficient (Wildman–Crippen LogP) is 6.61. The van der Waals surface area contributed by atoms with Crippen LogP contribution in [0.2, 0.25) is 0 Å². The van der Waals surface area contributed by atoms with Crippen molar-refractivity contribution in [3.63, 3.8) is 0 Å². The fraction of sp³-hybridized carbons (Fsp3) is 0.192. The summed E-state index contributed by atoms with van der Waals surface area (Å²) in [5.41, 5.74) is 2.64. The van der Waals surface area contributed by atoms with Gasteiger partial charge in [-0.05, 0) is 65.9 Å². The number of terminal acetylenes is 1. The van der Waals surface area contributed by atoms with Crippen LogP contribution >= 0.6 is 0 Å². The summed E-state index contributed by atoms with van der Waals surface area (Å²) in [7, 11) is 0. The molecule has 0 bridgehead atoms. The summed E-state index contributed by atoms with van der Waals surface area (Å²) in [6.45, 7) is 1.96. The molecule has 0 amide bonds. The Morgan fingerprint density at radius 2 is 1.59 bits per heavy atom. The third kappa shape index (κ3) is 7.84. The average molecular weight is 440 g/mol. The first-order valence-electron chi connectivity index (χ1n) is 9.80. The van der Waals surface area contributed by atoms with E-state index in [1.165, 1.54) is 12.1 Å². The Hall–Kier alpha value is -3.72. The first kappa shape index (κ1) is 24.5. The van der Waals surface area contributed by atoms with Crippen molar-refractivity contribution in [2.75, 3.05) is 0 Å². The molecule has 166 valence electrons. The number of aryl methyl sites for hydroxylation is 1. The van der Waals surface area contributed by atoms with Crippen molar-refractivity contribution >= 4 is 5.97 Å². The first-order valence-corrected chi connectivity index (χ1v) is 9.80. The maximum atomic E-state index is 12.7. The summed E-state index contributed by atoms with van der Waals surface area (Å²) in [6, 6.07) is 19.7. The molecule has 0 unspecified atom stereocenters. The maximum Gasteiger partial charge on any atom is 0.416 e. The lowest BCUT2D eigenvalue weighted by atomic mass is 10.0. The van der Waals surface area contributed by atoms with Crippen LogP contribution in [-0.4, -0.2) is 11.1 Å². The second kappa shape index (κ2) is 11.6. The Bertz CT molecular complexity index is 1050. The Morgan fingerprint density at radius 3 is 2.16 bits per heavy atom. The van der Waals surface area contributed by atoms with Gasteiger partial charge in [-0.25, -0.2) is 0 Å². The fourth-order valence-corrected chi connectivity index (χ4v) is 2.86. The zero-order chi connectivity index (χ0) is 23.6. The topological polar surface area (TPSA) is 46.5 Å². The highest BCUT2D eigenvalue weighted by Crippen LogP contribution is 2.31. The van der Waals surface area contributed by atoms with Crippen LogP contribution in [0.15, 0.2) is 72.8 Å². The third-order valence-corrected chi connectivity index (χ3v) is 4.43. The van der Waals surface area contributed by atoms with Gasteiger partial charge in [-0.15, -0.1) is 12.3 Å². The number of hydrogen-bond acceptors (Lipinski definition) is 2. The van der Waals surface area contributed by atoms with Crippen LogP contribution in [0.5, 0.6) is 5.75 Å². The van der Waals surface area contributed by atoms with Crippen molar-refractivity contribution in [2.24, 2.45) is 0 Å². The van der Waals surface area contributed by atoms with Crippen LogP contribution in [0.4, 0.5) is 13.2 Å². The zero-order valence-corrected chi connectivity index (χ0v) is 17.5. The number of carboxylic acid groups (broad SMARTS) is 1. The molecular formula is C26H23F3O3. The van der Waals surface area contributed by atoms with Gasteiger partial charge < -0.3 is 9.84 Å². The van der Waals surface area contributed by atoms with Gasteiger partial charge in [-0.2, -0.15) is 13.2 Å². The van der Waals surface area contributed by atoms with Gasteiger partial charge >= 0.3 is 12.1 Å². The summed E-state index contributed by atoms with van der Waals surface area (Å²) in [6.07, 6.45) is 0.791. The van der Waals surface area contributed by atoms with Crippen LogP contribution in [0.3, 0.4) is 0 Å². The van der Waals surface area contributed by atoms with E-state index in [1.54, 1.807) is 19.1 Å². The van der Waals surface area contributed by atoms with Gasteiger partial charge in [-0.3, -0.25) is 4.79 Å².